The van der Waals surface area contributed by atoms with E-state index < -0.39 is 0 Å². The fourth-order valence-electron chi connectivity index (χ4n) is 3.43. The Morgan fingerprint density at radius 3 is 2.69 bits per heavy atom. The van der Waals surface area contributed by atoms with E-state index in [4.69, 9.17) is 4.74 Å². The van der Waals surface area contributed by atoms with Crippen LogP contribution in [0.5, 0.6) is 0 Å². The molecule has 1 saturated heterocycles. The van der Waals surface area contributed by atoms with Gasteiger partial charge in [0, 0.05) is 32.5 Å². The lowest BCUT2D eigenvalue weighted by Gasteiger charge is -2.26. The number of nitrogens with one attached hydrogen (secondary N) is 1. The van der Waals surface area contributed by atoms with Gasteiger partial charge in [-0.15, -0.1) is 15.3 Å². The lowest BCUT2D eigenvalue weighted by Crippen LogP contribution is -2.40. The fourth-order valence-corrected chi connectivity index (χ4v) is 3.43. The van der Waals surface area contributed by atoms with Gasteiger partial charge >= 0.3 is 0 Å². The van der Waals surface area contributed by atoms with E-state index in [2.05, 4.69) is 44.9 Å². The summed E-state index contributed by atoms with van der Waals surface area (Å²) in [6, 6.07) is 14.3. The number of fused-ring (bicyclic) bond motifs is 1. The molecule has 1 aromatic carbocycles. The molecule has 0 atom stereocenters. The van der Waals surface area contributed by atoms with Crippen LogP contribution in [-0.2, 0) is 22.4 Å². The summed E-state index contributed by atoms with van der Waals surface area (Å²) in [5.74, 6) is 1.61. The van der Waals surface area contributed by atoms with Crippen LogP contribution in [0.1, 0.15) is 24.2 Å². The van der Waals surface area contributed by atoms with Crippen molar-refractivity contribution < 1.29 is 9.53 Å². The van der Waals surface area contributed by atoms with Gasteiger partial charge in [0.15, 0.2) is 11.5 Å². The van der Waals surface area contributed by atoms with Gasteiger partial charge < -0.3 is 15.0 Å². The van der Waals surface area contributed by atoms with Crippen molar-refractivity contribution in [2.24, 2.45) is 0 Å². The summed E-state index contributed by atoms with van der Waals surface area (Å²) in [4.78, 5) is 14.2. The molecule has 1 amide bonds. The molecule has 0 bridgehead atoms. The highest BCUT2D eigenvalue weighted by atomic mass is 16.5. The zero-order valence-corrected chi connectivity index (χ0v) is 16.5. The Balaban J connectivity index is 1.31. The average molecular weight is 394 g/mol. The molecule has 3 heterocycles. The normalized spacial score (nSPS) is 14.3. The lowest BCUT2D eigenvalue weighted by molar-refractivity contribution is -0.135. The standard InChI is InChI=1S/C21H26N6O2/c28-21(26-13-15-29-16-14-26)11-10-20-24-23-19-9-8-18(25-27(19)20)22-12-4-7-17-5-2-1-3-6-17/h1-3,5-6,8-9H,4,7,10-16H2,(H,22,25). The topological polar surface area (TPSA) is 84.7 Å². The first-order valence-corrected chi connectivity index (χ1v) is 10.1. The first-order valence-electron chi connectivity index (χ1n) is 10.1. The largest absolute Gasteiger partial charge is 0.378 e. The second-order valence-electron chi connectivity index (χ2n) is 7.11. The minimum atomic E-state index is 0.125. The number of carbonyl (C=O) groups is 1. The van der Waals surface area contributed by atoms with E-state index in [0.717, 1.165) is 25.2 Å². The van der Waals surface area contributed by atoms with Crippen LogP contribution in [0.3, 0.4) is 0 Å². The number of rotatable bonds is 8. The third-order valence-electron chi connectivity index (χ3n) is 5.04. The Kier molecular flexibility index (Phi) is 6.31. The monoisotopic (exact) mass is 394 g/mol. The Hall–Kier alpha value is -3.00. The average Bonchev–Trinajstić information content (AvgIpc) is 3.18. The molecule has 1 aliphatic heterocycles. The van der Waals surface area contributed by atoms with Crippen molar-refractivity contribution in [2.45, 2.75) is 25.7 Å². The first-order chi connectivity index (χ1) is 14.3. The van der Waals surface area contributed by atoms with E-state index in [-0.39, 0.29) is 5.91 Å². The van der Waals surface area contributed by atoms with Crippen molar-refractivity contribution in [1.29, 1.82) is 0 Å². The Labute approximate surface area is 169 Å². The molecule has 0 saturated carbocycles. The fraction of sp³-hybridized carbons (Fsp3) is 0.429. The number of anilines is 1. The quantitative estimate of drug-likeness (QED) is 0.588. The molecule has 8 nitrogen and oxygen atoms in total. The highest BCUT2D eigenvalue weighted by Gasteiger charge is 2.18. The molecular weight excluding hydrogens is 368 g/mol. The highest BCUT2D eigenvalue weighted by molar-refractivity contribution is 5.76. The van der Waals surface area contributed by atoms with E-state index in [1.807, 2.05) is 23.1 Å². The minimum absolute atomic E-state index is 0.125. The van der Waals surface area contributed by atoms with Crippen molar-refractivity contribution in [3.63, 3.8) is 0 Å². The van der Waals surface area contributed by atoms with E-state index in [9.17, 15) is 4.79 Å². The van der Waals surface area contributed by atoms with Crippen LogP contribution < -0.4 is 5.32 Å². The van der Waals surface area contributed by atoms with Crippen LogP contribution in [0.4, 0.5) is 5.82 Å². The number of hydrogen-bond donors (Lipinski definition) is 1. The Morgan fingerprint density at radius 1 is 1.03 bits per heavy atom. The number of carbonyl (C=O) groups excluding carboxylic acids is 1. The molecule has 4 rings (SSSR count). The van der Waals surface area contributed by atoms with Crippen LogP contribution in [0, 0.1) is 0 Å². The molecule has 2 aromatic heterocycles. The molecule has 1 fully saturated rings. The summed E-state index contributed by atoms with van der Waals surface area (Å²) in [6.45, 7) is 3.38. The van der Waals surface area contributed by atoms with Crippen LogP contribution in [0.2, 0.25) is 0 Å². The van der Waals surface area contributed by atoms with E-state index in [0.29, 0.717) is 50.6 Å². The zero-order valence-electron chi connectivity index (χ0n) is 16.5. The second-order valence-corrected chi connectivity index (χ2v) is 7.11. The molecule has 29 heavy (non-hydrogen) atoms. The second kappa shape index (κ2) is 9.47. The summed E-state index contributed by atoms with van der Waals surface area (Å²) in [7, 11) is 0. The predicted octanol–water partition coefficient (Wildman–Crippen LogP) is 1.96. The van der Waals surface area contributed by atoms with Gasteiger partial charge in [-0.25, -0.2) is 0 Å². The van der Waals surface area contributed by atoms with Crippen molar-refractivity contribution in [3.05, 3.63) is 53.9 Å². The molecule has 3 aromatic rings. The van der Waals surface area contributed by atoms with Crippen LogP contribution >= 0.6 is 0 Å². The lowest BCUT2D eigenvalue weighted by atomic mass is 10.1. The molecule has 152 valence electrons. The molecule has 0 aliphatic carbocycles. The van der Waals surface area contributed by atoms with Gasteiger partial charge in [0.25, 0.3) is 0 Å². The Bertz CT molecular complexity index is 937. The third-order valence-corrected chi connectivity index (χ3v) is 5.04. The maximum Gasteiger partial charge on any atom is 0.223 e. The number of ether oxygens (including phenoxy) is 1. The van der Waals surface area contributed by atoms with Gasteiger partial charge in [0.05, 0.1) is 13.2 Å². The Morgan fingerprint density at radius 2 is 1.86 bits per heavy atom. The zero-order chi connectivity index (χ0) is 19.9. The van der Waals surface area contributed by atoms with Crippen LogP contribution in [0.15, 0.2) is 42.5 Å². The van der Waals surface area contributed by atoms with Crippen molar-refractivity contribution >= 4 is 17.4 Å². The summed E-state index contributed by atoms with van der Waals surface area (Å²) in [5, 5.41) is 16.4. The number of benzene rings is 1. The number of amides is 1. The first kappa shape index (κ1) is 19.3. The summed E-state index contributed by atoms with van der Waals surface area (Å²) in [5.41, 5.74) is 2.03. The smallest absolute Gasteiger partial charge is 0.223 e. The van der Waals surface area contributed by atoms with Crippen LogP contribution in [-0.4, -0.2) is 63.5 Å². The third kappa shape index (κ3) is 5.08. The summed E-state index contributed by atoms with van der Waals surface area (Å²) in [6.07, 6.45) is 2.96. The number of aryl methyl sites for hydroxylation is 2. The molecule has 1 N–H and O–H groups in total. The van der Waals surface area contributed by atoms with E-state index >= 15 is 0 Å². The SMILES string of the molecule is O=C(CCc1nnc2ccc(NCCCc3ccccc3)nn12)N1CCOCC1. The highest BCUT2D eigenvalue weighted by Crippen LogP contribution is 2.10. The molecule has 1 aliphatic rings. The molecule has 0 unspecified atom stereocenters. The number of hydrogen-bond acceptors (Lipinski definition) is 6. The van der Waals surface area contributed by atoms with Gasteiger partial charge in [-0.2, -0.15) is 4.52 Å². The van der Waals surface area contributed by atoms with Gasteiger partial charge in [-0.05, 0) is 30.5 Å². The van der Waals surface area contributed by atoms with Gasteiger partial charge in [0.2, 0.25) is 5.91 Å². The van der Waals surface area contributed by atoms with E-state index in [1.165, 1.54) is 5.56 Å². The van der Waals surface area contributed by atoms with Gasteiger partial charge in [-0.1, -0.05) is 30.3 Å². The van der Waals surface area contributed by atoms with Crippen LogP contribution in [0.25, 0.3) is 5.65 Å². The van der Waals surface area contributed by atoms with Gasteiger partial charge in [-0.3, -0.25) is 4.79 Å². The number of nitrogens with zero attached hydrogens (tertiary/aromatic N) is 5. The van der Waals surface area contributed by atoms with Crippen molar-refractivity contribution in [1.82, 2.24) is 24.7 Å². The number of aromatic nitrogens is 4. The van der Waals surface area contributed by atoms with E-state index in [1.54, 1.807) is 4.52 Å². The molecule has 0 radical (unpaired) electrons. The number of morpholine rings is 1. The molecular formula is C21H26N6O2. The molecule has 0 spiro atoms. The van der Waals surface area contributed by atoms with Crippen molar-refractivity contribution in [2.75, 3.05) is 38.2 Å². The maximum atomic E-state index is 12.4. The summed E-state index contributed by atoms with van der Waals surface area (Å²) >= 11 is 0. The molecule has 8 heteroatoms. The van der Waals surface area contributed by atoms with Gasteiger partial charge in [0.1, 0.15) is 5.82 Å². The maximum absolute atomic E-state index is 12.4. The summed E-state index contributed by atoms with van der Waals surface area (Å²) < 4.78 is 7.03. The van der Waals surface area contributed by atoms with Crippen molar-refractivity contribution in [3.8, 4) is 0 Å². The minimum Gasteiger partial charge on any atom is -0.378 e. The predicted molar refractivity (Wildman–Crippen MR) is 110 cm³/mol.